The van der Waals surface area contributed by atoms with Crippen LogP contribution in [0.15, 0.2) is 24.5 Å². The number of aliphatic carboxylic acids is 1. The minimum Gasteiger partial charge on any atom is -0.481 e. The predicted octanol–water partition coefficient (Wildman–Crippen LogP) is 1.41. The molecular weight excluding hydrogens is 232 g/mol. The topological polar surface area (TPSA) is 70.5 Å². The van der Waals surface area contributed by atoms with Crippen LogP contribution in [0.5, 0.6) is 0 Å². The summed E-state index contributed by atoms with van der Waals surface area (Å²) in [5.74, 6) is -0.757. The quantitative estimate of drug-likeness (QED) is 0.878. The van der Waals surface area contributed by atoms with Gasteiger partial charge in [0.2, 0.25) is 0 Å². The van der Waals surface area contributed by atoms with Crippen molar-refractivity contribution in [1.82, 2.24) is 9.88 Å². The molecule has 1 aliphatic rings. The number of pyridine rings is 1. The van der Waals surface area contributed by atoms with Gasteiger partial charge in [0, 0.05) is 37.5 Å². The predicted molar refractivity (Wildman–Crippen MR) is 65.1 cm³/mol. The monoisotopic (exact) mass is 248 g/mol. The minimum absolute atomic E-state index is 0.0347. The molecule has 1 saturated heterocycles. The van der Waals surface area contributed by atoms with Crippen LogP contribution < -0.4 is 0 Å². The maximum atomic E-state index is 12.2. The average Bonchev–Trinajstić information content (AvgIpc) is 2.38. The van der Waals surface area contributed by atoms with Crippen molar-refractivity contribution < 1.29 is 14.7 Å². The first kappa shape index (κ1) is 12.5. The van der Waals surface area contributed by atoms with E-state index in [1.807, 2.05) is 0 Å². The van der Waals surface area contributed by atoms with Gasteiger partial charge in [0.05, 0.1) is 0 Å². The number of rotatable bonds is 3. The third-order valence-electron chi connectivity index (χ3n) is 3.20. The highest BCUT2D eigenvalue weighted by Crippen LogP contribution is 2.21. The molecule has 0 aliphatic carbocycles. The van der Waals surface area contributed by atoms with Crippen LogP contribution in [0.1, 0.15) is 29.6 Å². The lowest BCUT2D eigenvalue weighted by atomic mass is 9.94. The van der Waals surface area contributed by atoms with Gasteiger partial charge in [0.25, 0.3) is 5.91 Å². The molecule has 0 bridgehead atoms. The summed E-state index contributed by atoms with van der Waals surface area (Å²) in [6.07, 6.45) is 5.07. The second-order valence-corrected chi connectivity index (χ2v) is 4.59. The van der Waals surface area contributed by atoms with Crippen molar-refractivity contribution in [2.45, 2.75) is 19.3 Å². The molecule has 1 aromatic rings. The van der Waals surface area contributed by atoms with Gasteiger partial charge < -0.3 is 10.0 Å². The molecule has 2 rings (SSSR count). The van der Waals surface area contributed by atoms with Crippen LogP contribution in [-0.2, 0) is 4.79 Å². The average molecular weight is 248 g/mol. The molecule has 0 spiro atoms. The van der Waals surface area contributed by atoms with E-state index < -0.39 is 5.97 Å². The van der Waals surface area contributed by atoms with Gasteiger partial charge >= 0.3 is 5.97 Å². The number of piperidine rings is 1. The molecule has 1 fully saturated rings. The summed E-state index contributed by atoms with van der Waals surface area (Å²) in [6, 6.07) is 3.37. The first-order chi connectivity index (χ1) is 8.66. The highest BCUT2D eigenvalue weighted by Gasteiger charge is 2.25. The Bertz CT molecular complexity index is 433. The van der Waals surface area contributed by atoms with Crippen LogP contribution in [0.4, 0.5) is 0 Å². The van der Waals surface area contributed by atoms with Crippen LogP contribution in [-0.4, -0.2) is 40.0 Å². The molecule has 0 radical (unpaired) electrons. The van der Waals surface area contributed by atoms with Crippen LogP contribution in [0.3, 0.4) is 0 Å². The van der Waals surface area contributed by atoms with Gasteiger partial charge in [-0.3, -0.25) is 14.6 Å². The summed E-state index contributed by atoms with van der Waals surface area (Å²) in [6.45, 7) is 1.24. The molecule has 1 amide bonds. The van der Waals surface area contributed by atoms with Crippen LogP contribution in [0.25, 0.3) is 0 Å². The molecule has 2 heterocycles. The Morgan fingerprint density at radius 3 is 2.78 bits per heavy atom. The molecule has 0 aromatic carbocycles. The molecule has 1 unspecified atom stereocenters. The number of nitrogens with zero attached hydrogens (tertiary/aromatic N) is 2. The van der Waals surface area contributed by atoms with E-state index in [1.54, 1.807) is 29.4 Å². The van der Waals surface area contributed by atoms with Gasteiger partial charge in [0.1, 0.15) is 0 Å². The number of aromatic nitrogens is 1. The number of hydrogen-bond acceptors (Lipinski definition) is 3. The zero-order valence-electron chi connectivity index (χ0n) is 10.1. The molecule has 1 aliphatic heterocycles. The van der Waals surface area contributed by atoms with Crippen molar-refractivity contribution in [1.29, 1.82) is 0 Å². The van der Waals surface area contributed by atoms with Crippen LogP contribution in [0.2, 0.25) is 0 Å². The third-order valence-corrected chi connectivity index (χ3v) is 3.20. The summed E-state index contributed by atoms with van der Waals surface area (Å²) in [4.78, 5) is 28.5. The summed E-state index contributed by atoms with van der Waals surface area (Å²) in [7, 11) is 0. The second kappa shape index (κ2) is 5.62. The van der Waals surface area contributed by atoms with Crippen molar-refractivity contribution in [2.75, 3.05) is 13.1 Å². The standard InChI is InChI=1S/C13H16N2O3/c16-12(17)8-10-2-1-7-15(9-10)13(18)11-3-5-14-6-4-11/h3-6,10H,1-2,7-9H2,(H,16,17). The van der Waals surface area contributed by atoms with Gasteiger partial charge in [-0.2, -0.15) is 0 Å². The Kier molecular flexibility index (Phi) is 3.92. The number of likely N-dealkylation sites (tertiary alicyclic amines) is 1. The summed E-state index contributed by atoms with van der Waals surface area (Å²) in [5.41, 5.74) is 0.612. The number of hydrogen-bond donors (Lipinski definition) is 1. The summed E-state index contributed by atoms with van der Waals surface area (Å²) < 4.78 is 0. The zero-order chi connectivity index (χ0) is 13.0. The molecule has 1 aromatic heterocycles. The number of amides is 1. The highest BCUT2D eigenvalue weighted by atomic mass is 16.4. The molecule has 1 N–H and O–H groups in total. The Balaban J connectivity index is 2.00. The van der Waals surface area contributed by atoms with Gasteiger partial charge in [-0.1, -0.05) is 0 Å². The van der Waals surface area contributed by atoms with E-state index in [1.165, 1.54) is 0 Å². The molecule has 5 nitrogen and oxygen atoms in total. The van der Waals surface area contributed by atoms with Crippen molar-refractivity contribution in [3.8, 4) is 0 Å². The first-order valence-electron chi connectivity index (χ1n) is 6.08. The largest absolute Gasteiger partial charge is 0.481 e. The summed E-state index contributed by atoms with van der Waals surface area (Å²) in [5, 5.41) is 8.80. The number of carboxylic acid groups (broad SMARTS) is 1. The third kappa shape index (κ3) is 3.06. The van der Waals surface area contributed by atoms with Crippen LogP contribution in [0, 0.1) is 5.92 Å². The highest BCUT2D eigenvalue weighted by molar-refractivity contribution is 5.94. The van der Waals surface area contributed by atoms with Crippen molar-refractivity contribution in [2.24, 2.45) is 5.92 Å². The first-order valence-corrected chi connectivity index (χ1v) is 6.08. The molecule has 0 saturated carbocycles. The van der Waals surface area contributed by atoms with Crippen molar-refractivity contribution in [3.63, 3.8) is 0 Å². The van der Waals surface area contributed by atoms with Crippen molar-refractivity contribution >= 4 is 11.9 Å². The van der Waals surface area contributed by atoms with Gasteiger partial charge in [0.15, 0.2) is 0 Å². The second-order valence-electron chi connectivity index (χ2n) is 4.59. The van der Waals surface area contributed by atoms with E-state index in [0.717, 1.165) is 12.8 Å². The lowest BCUT2D eigenvalue weighted by Gasteiger charge is -2.32. The van der Waals surface area contributed by atoms with Gasteiger partial charge in [-0.15, -0.1) is 0 Å². The fourth-order valence-corrected chi connectivity index (χ4v) is 2.34. The summed E-state index contributed by atoms with van der Waals surface area (Å²) >= 11 is 0. The molecule has 18 heavy (non-hydrogen) atoms. The Morgan fingerprint density at radius 2 is 2.11 bits per heavy atom. The Labute approximate surface area is 105 Å². The lowest BCUT2D eigenvalue weighted by molar-refractivity contribution is -0.138. The minimum atomic E-state index is -0.793. The molecule has 1 atom stereocenters. The maximum Gasteiger partial charge on any atom is 0.303 e. The fourth-order valence-electron chi connectivity index (χ4n) is 2.34. The fraction of sp³-hybridized carbons (Fsp3) is 0.462. The van der Waals surface area contributed by atoms with Crippen LogP contribution >= 0.6 is 0 Å². The number of carbonyl (C=O) groups excluding carboxylic acids is 1. The zero-order valence-corrected chi connectivity index (χ0v) is 10.1. The van der Waals surface area contributed by atoms with Gasteiger partial charge in [-0.25, -0.2) is 0 Å². The molecule has 5 heteroatoms. The van der Waals surface area contributed by atoms with E-state index in [0.29, 0.717) is 18.7 Å². The van der Waals surface area contributed by atoms with E-state index in [4.69, 9.17) is 5.11 Å². The lowest BCUT2D eigenvalue weighted by Crippen LogP contribution is -2.40. The van der Waals surface area contributed by atoms with Crippen molar-refractivity contribution in [3.05, 3.63) is 30.1 Å². The Hall–Kier alpha value is -1.91. The number of carboxylic acids is 1. The number of carbonyl (C=O) groups is 2. The van der Waals surface area contributed by atoms with E-state index in [9.17, 15) is 9.59 Å². The smallest absolute Gasteiger partial charge is 0.303 e. The van der Waals surface area contributed by atoms with E-state index in [2.05, 4.69) is 4.98 Å². The van der Waals surface area contributed by atoms with Gasteiger partial charge in [-0.05, 0) is 30.9 Å². The normalized spacial score (nSPS) is 19.6. The van der Waals surface area contributed by atoms with E-state index in [-0.39, 0.29) is 18.2 Å². The molecule has 96 valence electrons. The molecular formula is C13H16N2O3. The Morgan fingerprint density at radius 1 is 1.39 bits per heavy atom. The maximum absolute atomic E-state index is 12.2. The van der Waals surface area contributed by atoms with E-state index >= 15 is 0 Å². The SMILES string of the molecule is O=C(O)CC1CCCN(C(=O)c2ccncc2)C1.